The summed E-state index contributed by atoms with van der Waals surface area (Å²) in [6.45, 7) is 4.54. The van der Waals surface area contributed by atoms with Gasteiger partial charge in [0.25, 0.3) is 5.91 Å². The first-order valence-corrected chi connectivity index (χ1v) is 10.7. The fraction of sp³-hybridized carbons (Fsp3) is 0.185. The minimum Gasteiger partial charge on any atom is -0.494 e. The molecule has 0 radical (unpaired) electrons. The molecule has 0 bridgehead atoms. The Bertz CT molecular complexity index is 1210. The summed E-state index contributed by atoms with van der Waals surface area (Å²) in [7, 11) is 3.17. The zero-order valence-corrected chi connectivity index (χ0v) is 19.2. The van der Waals surface area contributed by atoms with Crippen molar-refractivity contribution in [2.45, 2.75) is 13.8 Å². The van der Waals surface area contributed by atoms with Gasteiger partial charge in [-0.1, -0.05) is 35.9 Å². The van der Waals surface area contributed by atoms with Gasteiger partial charge in [-0.2, -0.15) is 0 Å². The van der Waals surface area contributed by atoms with E-state index in [-0.39, 0.29) is 5.91 Å². The van der Waals surface area contributed by atoms with Crippen molar-refractivity contribution in [3.05, 3.63) is 89.1 Å². The maximum atomic E-state index is 13.5. The van der Waals surface area contributed by atoms with Crippen molar-refractivity contribution in [3.8, 4) is 17.2 Å². The van der Waals surface area contributed by atoms with Crippen molar-refractivity contribution in [2.75, 3.05) is 25.7 Å². The monoisotopic (exact) mass is 442 g/mol. The van der Waals surface area contributed by atoms with Crippen LogP contribution < -0.4 is 19.1 Å². The Morgan fingerprint density at radius 1 is 0.909 bits per heavy atom. The second-order valence-electron chi connectivity index (χ2n) is 7.51. The van der Waals surface area contributed by atoms with Crippen molar-refractivity contribution >= 4 is 23.5 Å². The highest BCUT2D eigenvalue weighted by Gasteiger charge is 2.32. The third kappa shape index (κ3) is 4.60. The third-order valence-corrected chi connectivity index (χ3v) is 5.29. The molecule has 0 N–H and O–H groups in total. The van der Waals surface area contributed by atoms with Gasteiger partial charge in [0, 0.05) is 5.56 Å². The highest BCUT2D eigenvalue weighted by atomic mass is 16.5. The van der Waals surface area contributed by atoms with E-state index in [0.717, 1.165) is 28.1 Å². The summed E-state index contributed by atoms with van der Waals surface area (Å²) in [6.07, 6.45) is 1.76. The van der Waals surface area contributed by atoms with Crippen LogP contribution >= 0.6 is 0 Å². The van der Waals surface area contributed by atoms with Gasteiger partial charge in [0.2, 0.25) is 0 Å². The number of aryl methyl sites for hydroxylation is 1. The SMILES string of the molecule is CCOc1ccc(N2C(=O)/C(=C\c3ccc(OC)c(OC)c3)N=C2c2ccc(C)cc2)cc1. The highest BCUT2D eigenvalue weighted by Crippen LogP contribution is 2.32. The van der Waals surface area contributed by atoms with E-state index in [2.05, 4.69) is 0 Å². The Kier molecular flexibility index (Phi) is 6.45. The quantitative estimate of drug-likeness (QED) is 0.469. The van der Waals surface area contributed by atoms with Crippen LogP contribution in [0.1, 0.15) is 23.6 Å². The molecule has 0 spiro atoms. The van der Waals surface area contributed by atoms with Gasteiger partial charge in [0.1, 0.15) is 17.3 Å². The van der Waals surface area contributed by atoms with Gasteiger partial charge in [0.15, 0.2) is 11.5 Å². The first-order chi connectivity index (χ1) is 16.0. The number of rotatable bonds is 7. The molecule has 1 heterocycles. The largest absolute Gasteiger partial charge is 0.494 e. The van der Waals surface area contributed by atoms with Crippen molar-refractivity contribution in [3.63, 3.8) is 0 Å². The molecule has 0 aromatic heterocycles. The maximum absolute atomic E-state index is 13.5. The molecular formula is C27H26N2O4. The number of hydrogen-bond acceptors (Lipinski definition) is 5. The van der Waals surface area contributed by atoms with E-state index in [1.165, 1.54) is 0 Å². The van der Waals surface area contributed by atoms with Crippen LogP contribution in [0.5, 0.6) is 17.2 Å². The van der Waals surface area contributed by atoms with Crippen LogP contribution in [0.4, 0.5) is 5.69 Å². The second kappa shape index (κ2) is 9.61. The average Bonchev–Trinajstić information content (AvgIpc) is 3.16. The number of ether oxygens (including phenoxy) is 3. The molecule has 0 fully saturated rings. The molecule has 1 amide bonds. The lowest BCUT2D eigenvalue weighted by molar-refractivity contribution is -0.113. The number of methoxy groups -OCH3 is 2. The lowest BCUT2D eigenvalue weighted by Gasteiger charge is -2.19. The van der Waals surface area contributed by atoms with Gasteiger partial charge >= 0.3 is 0 Å². The zero-order valence-electron chi connectivity index (χ0n) is 19.2. The molecule has 0 saturated carbocycles. The fourth-order valence-corrected chi connectivity index (χ4v) is 3.61. The zero-order chi connectivity index (χ0) is 23.4. The van der Waals surface area contributed by atoms with E-state index in [1.807, 2.05) is 74.5 Å². The summed E-state index contributed by atoms with van der Waals surface area (Å²) in [5.74, 6) is 2.34. The van der Waals surface area contributed by atoms with Crippen LogP contribution in [0.15, 0.2) is 77.4 Å². The van der Waals surface area contributed by atoms with Gasteiger partial charge in [0.05, 0.1) is 26.5 Å². The smallest absolute Gasteiger partial charge is 0.282 e. The second-order valence-corrected chi connectivity index (χ2v) is 7.51. The molecule has 3 aromatic carbocycles. The molecule has 0 atom stereocenters. The van der Waals surface area contributed by atoms with Crippen LogP contribution in [0.2, 0.25) is 0 Å². The average molecular weight is 443 g/mol. The minimum absolute atomic E-state index is 0.204. The van der Waals surface area contributed by atoms with Gasteiger partial charge in [-0.05, 0) is 61.9 Å². The van der Waals surface area contributed by atoms with Crippen LogP contribution in [-0.4, -0.2) is 32.6 Å². The Morgan fingerprint density at radius 3 is 2.24 bits per heavy atom. The van der Waals surface area contributed by atoms with E-state index < -0.39 is 0 Å². The third-order valence-electron chi connectivity index (χ3n) is 5.29. The number of amides is 1. The number of nitrogens with zero attached hydrogens (tertiary/aromatic N) is 2. The number of anilines is 1. The summed E-state index contributed by atoms with van der Waals surface area (Å²) < 4.78 is 16.3. The van der Waals surface area contributed by atoms with E-state index >= 15 is 0 Å². The predicted octanol–water partition coefficient (Wildman–Crippen LogP) is 5.25. The summed E-state index contributed by atoms with van der Waals surface area (Å²) in [6, 6.07) is 20.9. The molecule has 6 heteroatoms. The summed E-state index contributed by atoms with van der Waals surface area (Å²) in [4.78, 5) is 19.9. The van der Waals surface area contributed by atoms with E-state index in [0.29, 0.717) is 29.6 Å². The molecule has 6 nitrogen and oxygen atoms in total. The Morgan fingerprint density at radius 2 is 1.61 bits per heavy atom. The fourth-order valence-electron chi connectivity index (χ4n) is 3.61. The van der Waals surface area contributed by atoms with E-state index in [4.69, 9.17) is 19.2 Å². The summed E-state index contributed by atoms with van der Waals surface area (Å²) in [5.41, 5.74) is 3.85. The first-order valence-electron chi connectivity index (χ1n) is 10.7. The number of carbonyl (C=O) groups is 1. The molecule has 0 aliphatic carbocycles. The van der Waals surface area contributed by atoms with Crippen LogP contribution in [0.3, 0.4) is 0 Å². The minimum atomic E-state index is -0.204. The number of benzene rings is 3. The maximum Gasteiger partial charge on any atom is 0.282 e. The molecule has 4 rings (SSSR count). The van der Waals surface area contributed by atoms with Gasteiger partial charge in [-0.3, -0.25) is 9.69 Å². The number of aliphatic imine (C=N–C) groups is 1. The molecular weight excluding hydrogens is 416 g/mol. The predicted molar refractivity (Wildman–Crippen MR) is 130 cm³/mol. The molecule has 0 saturated heterocycles. The van der Waals surface area contributed by atoms with E-state index in [9.17, 15) is 4.79 Å². The lowest BCUT2D eigenvalue weighted by Crippen LogP contribution is -2.32. The van der Waals surface area contributed by atoms with Crippen LogP contribution in [-0.2, 0) is 4.79 Å². The van der Waals surface area contributed by atoms with Gasteiger partial charge < -0.3 is 14.2 Å². The highest BCUT2D eigenvalue weighted by molar-refractivity contribution is 6.33. The topological polar surface area (TPSA) is 60.4 Å². The molecule has 33 heavy (non-hydrogen) atoms. The Balaban J connectivity index is 1.77. The van der Waals surface area contributed by atoms with Crippen LogP contribution in [0, 0.1) is 6.92 Å². The lowest BCUT2D eigenvalue weighted by atomic mass is 10.1. The summed E-state index contributed by atoms with van der Waals surface area (Å²) in [5, 5.41) is 0. The van der Waals surface area contributed by atoms with E-state index in [1.54, 1.807) is 31.3 Å². The molecule has 0 unspecified atom stereocenters. The molecule has 168 valence electrons. The number of carbonyl (C=O) groups excluding carboxylic acids is 1. The Hall–Kier alpha value is -4.06. The Labute approximate surface area is 193 Å². The normalized spacial score (nSPS) is 14.4. The first kappa shape index (κ1) is 22.1. The van der Waals surface area contributed by atoms with Crippen molar-refractivity contribution in [1.29, 1.82) is 0 Å². The number of hydrogen-bond donors (Lipinski definition) is 0. The number of amidine groups is 1. The van der Waals surface area contributed by atoms with Crippen molar-refractivity contribution in [1.82, 2.24) is 0 Å². The van der Waals surface area contributed by atoms with Crippen LogP contribution in [0.25, 0.3) is 6.08 Å². The summed E-state index contributed by atoms with van der Waals surface area (Å²) >= 11 is 0. The molecule has 3 aromatic rings. The molecule has 1 aliphatic rings. The molecule has 1 aliphatic heterocycles. The van der Waals surface area contributed by atoms with Crippen molar-refractivity contribution in [2.24, 2.45) is 4.99 Å². The van der Waals surface area contributed by atoms with Crippen molar-refractivity contribution < 1.29 is 19.0 Å². The van der Waals surface area contributed by atoms with Gasteiger partial charge in [-0.15, -0.1) is 0 Å². The standard InChI is InChI=1S/C27H26N2O4/c1-5-33-22-13-11-21(12-14-22)29-26(20-9-6-18(2)7-10-20)28-23(27(29)30)16-19-8-15-24(31-3)25(17-19)32-4/h6-17H,5H2,1-4H3/b23-16+. The van der Waals surface area contributed by atoms with Gasteiger partial charge in [-0.25, -0.2) is 4.99 Å².